The smallest absolute Gasteiger partial charge is 0.137 e. The Morgan fingerprint density at radius 3 is 2.95 bits per heavy atom. The van der Waals surface area contributed by atoms with E-state index in [9.17, 15) is 0 Å². The molecule has 1 N–H and O–H groups in total. The van der Waals surface area contributed by atoms with Crippen LogP contribution in [0.1, 0.15) is 5.56 Å². The molecular formula is C14H15N5. The number of nitrogens with one attached hydrogen (secondary N) is 1. The van der Waals surface area contributed by atoms with Gasteiger partial charge in [-0.25, -0.2) is 9.97 Å². The first kappa shape index (κ1) is 11.6. The first-order valence-electron chi connectivity index (χ1n) is 6.24. The van der Waals surface area contributed by atoms with Crippen molar-refractivity contribution >= 4 is 16.7 Å². The fraction of sp³-hybridized carbons (Fsp3) is 0.214. The highest BCUT2D eigenvalue weighted by Crippen LogP contribution is 2.18. The standard InChI is InChI=1S/C14H15N5/c1-19-9-11(8-18-19)6-7-15-14-12-4-2-3-5-13(12)16-10-17-14/h2-5,8-10H,6-7H2,1H3,(H,15,16,17). The monoisotopic (exact) mass is 253 g/mol. The van der Waals surface area contributed by atoms with E-state index in [2.05, 4.69) is 20.4 Å². The van der Waals surface area contributed by atoms with Gasteiger partial charge in [0.05, 0.1) is 11.7 Å². The normalized spacial score (nSPS) is 10.8. The van der Waals surface area contributed by atoms with Crippen LogP contribution in [0.2, 0.25) is 0 Å². The van der Waals surface area contributed by atoms with Gasteiger partial charge in [-0.2, -0.15) is 5.10 Å². The minimum Gasteiger partial charge on any atom is -0.369 e. The van der Waals surface area contributed by atoms with Crippen LogP contribution in [0.15, 0.2) is 43.0 Å². The molecular weight excluding hydrogens is 238 g/mol. The molecule has 3 rings (SSSR count). The van der Waals surface area contributed by atoms with Crippen LogP contribution in [-0.2, 0) is 13.5 Å². The second kappa shape index (κ2) is 5.06. The van der Waals surface area contributed by atoms with Gasteiger partial charge in [-0.05, 0) is 24.1 Å². The molecule has 19 heavy (non-hydrogen) atoms. The van der Waals surface area contributed by atoms with Crippen LogP contribution in [0, 0.1) is 0 Å². The predicted octanol–water partition coefficient (Wildman–Crippen LogP) is 2.02. The molecule has 0 radical (unpaired) electrons. The molecule has 0 saturated carbocycles. The third-order valence-corrected chi connectivity index (χ3v) is 3.01. The highest BCUT2D eigenvalue weighted by atomic mass is 15.2. The van der Waals surface area contributed by atoms with Crippen molar-refractivity contribution in [1.29, 1.82) is 0 Å². The Balaban J connectivity index is 1.71. The first-order valence-corrected chi connectivity index (χ1v) is 6.24. The summed E-state index contributed by atoms with van der Waals surface area (Å²) in [7, 11) is 1.93. The summed E-state index contributed by atoms with van der Waals surface area (Å²) >= 11 is 0. The molecule has 0 fully saturated rings. The van der Waals surface area contributed by atoms with Crippen molar-refractivity contribution in [3.8, 4) is 0 Å². The van der Waals surface area contributed by atoms with Gasteiger partial charge in [-0.15, -0.1) is 0 Å². The van der Waals surface area contributed by atoms with E-state index in [0.29, 0.717) is 0 Å². The van der Waals surface area contributed by atoms with Crippen molar-refractivity contribution in [2.75, 3.05) is 11.9 Å². The second-order valence-corrected chi connectivity index (χ2v) is 4.44. The molecule has 0 amide bonds. The second-order valence-electron chi connectivity index (χ2n) is 4.44. The molecule has 96 valence electrons. The Bertz CT molecular complexity index is 684. The lowest BCUT2D eigenvalue weighted by molar-refractivity contribution is 0.767. The van der Waals surface area contributed by atoms with Gasteiger partial charge in [-0.3, -0.25) is 4.68 Å². The molecule has 2 aromatic heterocycles. The van der Waals surface area contributed by atoms with Crippen molar-refractivity contribution in [3.63, 3.8) is 0 Å². The molecule has 0 aliphatic heterocycles. The number of hydrogen-bond acceptors (Lipinski definition) is 4. The number of para-hydroxylation sites is 1. The lowest BCUT2D eigenvalue weighted by Gasteiger charge is -2.07. The maximum absolute atomic E-state index is 4.30. The summed E-state index contributed by atoms with van der Waals surface area (Å²) in [5, 5.41) is 8.56. The summed E-state index contributed by atoms with van der Waals surface area (Å²) in [6.45, 7) is 0.826. The Morgan fingerprint density at radius 1 is 1.21 bits per heavy atom. The topological polar surface area (TPSA) is 55.6 Å². The van der Waals surface area contributed by atoms with E-state index in [1.165, 1.54) is 5.56 Å². The zero-order chi connectivity index (χ0) is 13.1. The predicted molar refractivity (Wildman–Crippen MR) is 74.9 cm³/mol. The molecule has 0 unspecified atom stereocenters. The Kier molecular flexibility index (Phi) is 3.10. The quantitative estimate of drug-likeness (QED) is 0.773. The van der Waals surface area contributed by atoms with Crippen molar-refractivity contribution in [1.82, 2.24) is 19.7 Å². The molecule has 1 aromatic carbocycles. The zero-order valence-electron chi connectivity index (χ0n) is 10.7. The third kappa shape index (κ3) is 2.54. The molecule has 0 aliphatic rings. The lowest BCUT2D eigenvalue weighted by atomic mass is 10.2. The van der Waals surface area contributed by atoms with Crippen molar-refractivity contribution < 1.29 is 0 Å². The lowest BCUT2D eigenvalue weighted by Crippen LogP contribution is -2.06. The summed E-state index contributed by atoms with van der Waals surface area (Å²) in [5.41, 5.74) is 2.18. The van der Waals surface area contributed by atoms with Crippen LogP contribution in [0.5, 0.6) is 0 Å². The summed E-state index contributed by atoms with van der Waals surface area (Å²) in [6, 6.07) is 8.00. The highest BCUT2D eigenvalue weighted by Gasteiger charge is 2.02. The van der Waals surface area contributed by atoms with E-state index >= 15 is 0 Å². The number of hydrogen-bond donors (Lipinski definition) is 1. The summed E-state index contributed by atoms with van der Waals surface area (Å²) in [5.74, 6) is 0.884. The van der Waals surface area contributed by atoms with Gasteiger partial charge in [-0.1, -0.05) is 12.1 Å². The first-order chi connectivity index (χ1) is 9.33. The molecule has 2 heterocycles. The number of benzene rings is 1. The molecule has 0 spiro atoms. The fourth-order valence-electron chi connectivity index (χ4n) is 2.07. The van der Waals surface area contributed by atoms with E-state index in [4.69, 9.17) is 0 Å². The van der Waals surface area contributed by atoms with E-state index < -0.39 is 0 Å². The molecule has 0 atom stereocenters. The van der Waals surface area contributed by atoms with Crippen LogP contribution in [0.4, 0.5) is 5.82 Å². The number of fused-ring (bicyclic) bond motifs is 1. The number of aromatic nitrogens is 4. The van der Waals surface area contributed by atoms with Crippen LogP contribution in [0.25, 0.3) is 10.9 Å². The van der Waals surface area contributed by atoms with E-state index in [1.807, 2.05) is 48.4 Å². The molecule has 5 nitrogen and oxygen atoms in total. The minimum atomic E-state index is 0.826. The third-order valence-electron chi connectivity index (χ3n) is 3.01. The van der Waals surface area contributed by atoms with Crippen LogP contribution in [0.3, 0.4) is 0 Å². The fourth-order valence-corrected chi connectivity index (χ4v) is 2.07. The molecule has 0 aliphatic carbocycles. The molecule has 0 saturated heterocycles. The minimum absolute atomic E-state index is 0.826. The van der Waals surface area contributed by atoms with Gasteiger partial charge < -0.3 is 5.32 Å². The van der Waals surface area contributed by atoms with Gasteiger partial charge >= 0.3 is 0 Å². The Morgan fingerprint density at radius 2 is 2.11 bits per heavy atom. The SMILES string of the molecule is Cn1cc(CCNc2ncnc3ccccc23)cn1. The highest BCUT2D eigenvalue weighted by molar-refractivity contribution is 5.88. The van der Waals surface area contributed by atoms with E-state index in [0.717, 1.165) is 29.7 Å². The zero-order valence-corrected chi connectivity index (χ0v) is 10.7. The summed E-state index contributed by atoms with van der Waals surface area (Å²) in [4.78, 5) is 8.55. The number of nitrogens with zero attached hydrogens (tertiary/aromatic N) is 4. The maximum Gasteiger partial charge on any atom is 0.137 e. The Hall–Kier alpha value is -2.43. The van der Waals surface area contributed by atoms with Crippen LogP contribution in [-0.4, -0.2) is 26.3 Å². The molecule has 5 heteroatoms. The maximum atomic E-state index is 4.30. The van der Waals surface area contributed by atoms with Crippen molar-refractivity contribution in [2.45, 2.75) is 6.42 Å². The van der Waals surface area contributed by atoms with E-state index in [1.54, 1.807) is 6.33 Å². The number of anilines is 1. The van der Waals surface area contributed by atoms with Crippen molar-refractivity contribution in [3.05, 3.63) is 48.5 Å². The van der Waals surface area contributed by atoms with E-state index in [-0.39, 0.29) is 0 Å². The van der Waals surface area contributed by atoms with Crippen molar-refractivity contribution in [2.24, 2.45) is 7.05 Å². The molecule has 3 aromatic rings. The van der Waals surface area contributed by atoms with Gasteiger partial charge in [0.2, 0.25) is 0 Å². The average molecular weight is 253 g/mol. The number of aryl methyl sites for hydroxylation is 1. The van der Waals surface area contributed by atoms with Gasteiger partial charge in [0.25, 0.3) is 0 Å². The molecule has 0 bridgehead atoms. The largest absolute Gasteiger partial charge is 0.369 e. The van der Waals surface area contributed by atoms with Gasteiger partial charge in [0.1, 0.15) is 12.1 Å². The summed E-state index contributed by atoms with van der Waals surface area (Å²) < 4.78 is 1.81. The number of rotatable bonds is 4. The van der Waals surface area contributed by atoms with Gasteiger partial charge in [0, 0.05) is 25.2 Å². The van der Waals surface area contributed by atoms with Crippen LogP contribution < -0.4 is 5.32 Å². The Labute approximate surface area is 111 Å². The van der Waals surface area contributed by atoms with Gasteiger partial charge in [0.15, 0.2) is 0 Å². The average Bonchev–Trinajstić information content (AvgIpc) is 2.85. The van der Waals surface area contributed by atoms with Crippen LogP contribution >= 0.6 is 0 Å². The summed E-state index contributed by atoms with van der Waals surface area (Å²) in [6.07, 6.45) is 6.43.